The Kier molecular flexibility index (Phi) is 5.14. The van der Waals surface area contributed by atoms with Gasteiger partial charge in [0.15, 0.2) is 5.01 Å². The smallest absolute Gasteiger partial charge is 0.150 e. The Morgan fingerprint density at radius 2 is 2.05 bits per heavy atom. The SMILES string of the molecule is CC(C)CNCCc1nnc(-c2ccc(F)cc2F)s1. The molecular formula is C14H17F2N3S. The number of hydrogen-bond acceptors (Lipinski definition) is 4. The summed E-state index contributed by atoms with van der Waals surface area (Å²) in [7, 11) is 0. The van der Waals surface area contributed by atoms with E-state index in [0.717, 1.165) is 30.6 Å². The summed E-state index contributed by atoms with van der Waals surface area (Å²) < 4.78 is 26.5. The summed E-state index contributed by atoms with van der Waals surface area (Å²) in [5.74, 6) is -0.590. The molecule has 108 valence electrons. The molecule has 0 aliphatic carbocycles. The van der Waals surface area contributed by atoms with Crippen molar-refractivity contribution >= 4 is 11.3 Å². The summed E-state index contributed by atoms with van der Waals surface area (Å²) in [6.45, 7) is 6.07. The second kappa shape index (κ2) is 6.85. The molecule has 0 saturated carbocycles. The molecule has 0 radical (unpaired) electrons. The maximum Gasteiger partial charge on any atom is 0.150 e. The van der Waals surface area contributed by atoms with Crippen LogP contribution in [0.4, 0.5) is 8.78 Å². The van der Waals surface area contributed by atoms with E-state index >= 15 is 0 Å². The Bertz CT molecular complexity index is 569. The van der Waals surface area contributed by atoms with Crippen LogP contribution < -0.4 is 5.32 Å². The van der Waals surface area contributed by atoms with Gasteiger partial charge in [0.25, 0.3) is 0 Å². The number of halogens is 2. The molecule has 0 aliphatic rings. The van der Waals surface area contributed by atoms with Crippen LogP contribution in [0.25, 0.3) is 10.6 Å². The number of aromatic nitrogens is 2. The molecule has 0 bridgehead atoms. The summed E-state index contributed by atoms with van der Waals surface area (Å²) >= 11 is 1.34. The topological polar surface area (TPSA) is 37.8 Å². The van der Waals surface area contributed by atoms with E-state index in [1.165, 1.54) is 23.5 Å². The molecule has 0 fully saturated rings. The maximum absolute atomic E-state index is 13.6. The molecule has 2 rings (SSSR count). The molecule has 1 heterocycles. The molecule has 0 unspecified atom stereocenters. The summed E-state index contributed by atoms with van der Waals surface area (Å²) in [6, 6.07) is 3.48. The molecular weight excluding hydrogens is 280 g/mol. The van der Waals surface area contributed by atoms with Crippen LogP contribution in [0.15, 0.2) is 18.2 Å². The zero-order chi connectivity index (χ0) is 14.5. The molecule has 0 aliphatic heterocycles. The van der Waals surface area contributed by atoms with Crippen LogP contribution in [-0.2, 0) is 6.42 Å². The highest BCUT2D eigenvalue weighted by Gasteiger charge is 2.11. The minimum absolute atomic E-state index is 0.297. The first kappa shape index (κ1) is 15.0. The van der Waals surface area contributed by atoms with Crippen LogP contribution in [0.2, 0.25) is 0 Å². The van der Waals surface area contributed by atoms with Gasteiger partial charge in [0.1, 0.15) is 16.6 Å². The van der Waals surface area contributed by atoms with Gasteiger partial charge >= 0.3 is 0 Å². The zero-order valence-corrected chi connectivity index (χ0v) is 12.3. The minimum atomic E-state index is -0.606. The highest BCUT2D eigenvalue weighted by molar-refractivity contribution is 7.14. The Morgan fingerprint density at radius 3 is 2.75 bits per heavy atom. The Hall–Kier alpha value is -1.40. The lowest BCUT2D eigenvalue weighted by molar-refractivity contribution is 0.553. The fraction of sp³-hybridized carbons (Fsp3) is 0.429. The lowest BCUT2D eigenvalue weighted by Gasteiger charge is -2.05. The fourth-order valence-electron chi connectivity index (χ4n) is 1.71. The van der Waals surface area contributed by atoms with E-state index in [4.69, 9.17) is 0 Å². The van der Waals surface area contributed by atoms with Crippen molar-refractivity contribution in [2.75, 3.05) is 13.1 Å². The highest BCUT2D eigenvalue weighted by atomic mass is 32.1. The van der Waals surface area contributed by atoms with Gasteiger partial charge < -0.3 is 5.32 Å². The average molecular weight is 297 g/mol. The molecule has 1 N–H and O–H groups in total. The molecule has 3 nitrogen and oxygen atoms in total. The molecule has 0 atom stereocenters. The van der Waals surface area contributed by atoms with Gasteiger partial charge in [0.2, 0.25) is 0 Å². The number of rotatable bonds is 6. The second-order valence-corrected chi connectivity index (χ2v) is 6.04. The van der Waals surface area contributed by atoms with Crippen molar-refractivity contribution in [3.63, 3.8) is 0 Å². The van der Waals surface area contributed by atoms with Gasteiger partial charge in [0, 0.05) is 24.6 Å². The van der Waals surface area contributed by atoms with Crippen LogP contribution in [0, 0.1) is 17.6 Å². The molecule has 2 aromatic rings. The van der Waals surface area contributed by atoms with Crippen molar-refractivity contribution in [2.24, 2.45) is 5.92 Å². The summed E-state index contributed by atoms with van der Waals surface area (Å²) in [5.41, 5.74) is 0.297. The number of nitrogens with one attached hydrogen (secondary N) is 1. The van der Waals surface area contributed by atoms with Crippen LogP contribution in [-0.4, -0.2) is 23.3 Å². The molecule has 1 aromatic carbocycles. The third-order valence-electron chi connectivity index (χ3n) is 2.70. The molecule has 20 heavy (non-hydrogen) atoms. The van der Waals surface area contributed by atoms with Crippen LogP contribution in [0.3, 0.4) is 0 Å². The van der Waals surface area contributed by atoms with Gasteiger partial charge in [-0.25, -0.2) is 8.78 Å². The van der Waals surface area contributed by atoms with Crippen molar-refractivity contribution in [2.45, 2.75) is 20.3 Å². The Morgan fingerprint density at radius 1 is 1.25 bits per heavy atom. The van der Waals surface area contributed by atoms with Gasteiger partial charge in [-0.05, 0) is 24.6 Å². The quantitative estimate of drug-likeness (QED) is 0.832. The predicted molar refractivity (Wildman–Crippen MR) is 76.7 cm³/mol. The van der Waals surface area contributed by atoms with Gasteiger partial charge in [-0.2, -0.15) is 0 Å². The maximum atomic E-state index is 13.6. The molecule has 0 spiro atoms. The van der Waals surface area contributed by atoms with Crippen molar-refractivity contribution in [3.05, 3.63) is 34.8 Å². The third-order valence-corrected chi connectivity index (χ3v) is 3.71. The van der Waals surface area contributed by atoms with E-state index in [1.807, 2.05) is 0 Å². The number of hydrogen-bond donors (Lipinski definition) is 1. The Labute approximate surface area is 121 Å². The van der Waals surface area contributed by atoms with E-state index in [2.05, 4.69) is 29.4 Å². The number of nitrogens with zero attached hydrogens (tertiary/aromatic N) is 2. The minimum Gasteiger partial charge on any atom is -0.316 e. The second-order valence-electron chi connectivity index (χ2n) is 4.97. The van der Waals surface area contributed by atoms with Crippen molar-refractivity contribution in [1.82, 2.24) is 15.5 Å². The largest absolute Gasteiger partial charge is 0.316 e. The first-order valence-electron chi connectivity index (χ1n) is 6.55. The fourth-order valence-corrected chi connectivity index (χ4v) is 2.58. The van der Waals surface area contributed by atoms with Crippen molar-refractivity contribution in [3.8, 4) is 10.6 Å². The summed E-state index contributed by atoms with van der Waals surface area (Å²) in [6.07, 6.45) is 0.757. The van der Waals surface area contributed by atoms with Crippen LogP contribution in [0.1, 0.15) is 18.9 Å². The van der Waals surface area contributed by atoms with Gasteiger partial charge in [-0.1, -0.05) is 25.2 Å². The predicted octanol–water partition coefficient (Wildman–Crippen LogP) is 3.27. The molecule has 1 aromatic heterocycles. The van der Waals surface area contributed by atoms with Gasteiger partial charge in [0.05, 0.1) is 0 Å². The zero-order valence-electron chi connectivity index (χ0n) is 11.5. The van der Waals surface area contributed by atoms with Crippen molar-refractivity contribution in [1.29, 1.82) is 0 Å². The lowest BCUT2D eigenvalue weighted by atomic mass is 10.2. The van der Waals surface area contributed by atoms with Gasteiger partial charge in [-0.3, -0.25) is 0 Å². The van der Waals surface area contributed by atoms with E-state index in [0.29, 0.717) is 16.5 Å². The van der Waals surface area contributed by atoms with E-state index in [1.54, 1.807) is 0 Å². The monoisotopic (exact) mass is 297 g/mol. The van der Waals surface area contributed by atoms with E-state index in [-0.39, 0.29) is 0 Å². The van der Waals surface area contributed by atoms with E-state index in [9.17, 15) is 8.78 Å². The first-order chi connectivity index (χ1) is 9.56. The Balaban J connectivity index is 1.98. The lowest BCUT2D eigenvalue weighted by Crippen LogP contribution is -2.22. The standard InChI is InChI=1S/C14H17F2N3S/c1-9(2)8-17-6-5-13-18-19-14(20-13)11-4-3-10(15)7-12(11)16/h3-4,7,9,17H,5-6,8H2,1-2H3. The van der Waals surface area contributed by atoms with Crippen molar-refractivity contribution < 1.29 is 8.78 Å². The van der Waals surface area contributed by atoms with Gasteiger partial charge in [-0.15, -0.1) is 10.2 Å². The first-order valence-corrected chi connectivity index (χ1v) is 7.36. The summed E-state index contributed by atoms with van der Waals surface area (Å²) in [4.78, 5) is 0. The molecule has 0 amide bonds. The van der Waals surface area contributed by atoms with Crippen LogP contribution >= 0.6 is 11.3 Å². The number of benzene rings is 1. The average Bonchev–Trinajstić information content (AvgIpc) is 2.83. The third kappa shape index (κ3) is 4.05. The normalized spacial score (nSPS) is 11.2. The molecule has 6 heteroatoms. The highest BCUT2D eigenvalue weighted by Crippen LogP contribution is 2.26. The van der Waals surface area contributed by atoms with Crippen LogP contribution in [0.5, 0.6) is 0 Å². The summed E-state index contributed by atoms with van der Waals surface area (Å²) in [5, 5.41) is 12.7. The molecule has 0 saturated heterocycles. The van der Waals surface area contributed by atoms with E-state index < -0.39 is 11.6 Å².